The molecule has 5 heteroatoms. The molecule has 0 radical (unpaired) electrons. The Labute approximate surface area is 88.4 Å². The summed E-state index contributed by atoms with van der Waals surface area (Å²) >= 11 is 0. The first-order valence-electron chi connectivity index (χ1n) is 5.49. The molecule has 1 aliphatic carbocycles. The van der Waals surface area contributed by atoms with E-state index >= 15 is 0 Å². The van der Waals surface area contributed by atoms with Gasteiger partial charge in [-0.1, -0.05) is 24.4 Å². The minimum atomic E-state index is -0.242. The summed E-state index contributed by atoms with van der Waals surface area (Å²) in [6, 6.07) is 0. The zero-order chi connectivity index (χ0) is 10.7. The fourth-order valence-corrected chi connectivity index (χ4v) is 2.70. The summed E-state index contributed by atoms with van der Waals surface area (Å²) in [6.45, 7) is 0.282. The highest BCUT2D eigenvalue weighted by Gasteiger charge is 2.48. The molecule has 2 fully saturated rings. The van der Waals surface area contributed by atoms with E-state index in [0.717, 1.165) is 32.1 Å². The Morgan fingerprint density at radius 3 is 2.87 bits per heavy atom. The van der Waals surface area contributed by atoms with Gasteiger partial charge in [-0.05, 0) is 18.4 Å². The molecule has 0 aromatic heterocycles. The molecule has 1 saturated carbocycles. The molecule has 1 saturated heterocycles. The van der Waals surface area contributed by atoms with Crippen molar-refractivity contribution in [2.75, 3.05) is 6.54 Å². The van der Waals surface area contributed by atoms with Crippen LogP contribution in [0.15, 0.2) is 5.11 Å². The van der Waals surface area contributed by atoms with Crippen molar-refractivity contribution in [1.29, 1.82) is 0 Å². The molecule has 1 heterocycles. The van der Waals surface area contributed by atoms with E-state index in [0.29, 0.717) is 0 Å². The third-order valence-corrected chi connectivity index (χ3v) is 3.48. The molecule has 1 aliphatic heterocycles. The third kappa shape index (κ3) is 1.92. The van der Waals surface area contributed by atoms with Gasteiger partial charge in [0.05, 0.1) is 12.0 Å². The molecule has 0 amide bonds. The SMILES string of the molecule is [N-]=[N+]=NCC1CC2(CCCCC2)C(=O)O1. The molecular formula is C10H15N3O2. The minimum absolute atomic E-state index is 0.0691. The normalized spacial score (nSPS) is 28.5. The Balaban J connectivity index is 2.02. The fourth-order valence-electron chi connectivity index (χ4n) is 2.70. The van der Waals surface area contributed by atoms with E-state index < -0.39 is 0 Å². The number of cyclic esters (lactones) is 1. The van der Waals surface area contributed by atoms with Crippen molar-refractivity contribution in [2.45, 2.75) is 44.6 Å². The van der Waals surface area contributed by atoms with E-state index in [1.807, 2.05) is 0 Å². The highest BCUT2D eigenvalue weighted by atomic mass is 16.6. The highest BCUT2D eigenvalue weighted by Crippen LogP contribution is 2.45. The first-order valence-corrected chi connectivity index (χ1v) is 5.49. The second-order valence-electron chi connectivity index (χ2n) is 4.49. The van der Waals surface area contributed by atoms with Crippen molar-refractivity contribution >= 4 is 5.97 Å². The van der Waals surface area contributed by atoms with Gasteiger partial charge < -0.3 is 4.74 Å². The van der Waals surface area contributed by atoms with Crippen LogP contribution in [0.3, 0.4) is 0 Å². The van der Waals surface area contributed by atoms with E-state index in [9.17, 15) is 4.79 Å². The number of rotatable bonds is 2. The van der Waals surface area contributed by atoms with Crippen LogP contribution in [0.1, 0.15) is 38.5 Å². The molecule has 0 aromatic rings. The van der Waals surface area contributed by atoms with Crippen LogP contribution in [0.5, 0.6) is 0 Å². The molecule has 0 N–H and O–H groups in total. The van der Waals surface area contributed by atoms with Crippen molar-refractivity contribution in [3.05, 3.63) is 10.4 Å². The number of ether oxygens (including phenoxy) is 1. The quantitative estimate of drug-likeness (QED) is 0.303. The number of carbonyl (C=O) groups excluding carboxylic acids is 1. The molecule has 0 bridgehead atoms. The lowest BCUT2D eigenvalue weighted by Gasteiger charge is -2.28. The summed E-state index contributed by atoms with van der Waals surface area (Å²) in [5, 5.41) is 3.47. The topological polar surface area (TPSA) is 75.1 Å². The van der Waals surface area contributed by atoms with Crippen LogP contribution < -0.4 is 0 Å². The summed E-state index contributed by atoms with van der Waals surface area (Å²) in [6.07, 6.45) is 5.89. The summed E-state index contributed by atoms with van der Waals surface area (Å²) in [5.41, 5.74) is 7.97. The van der Waals surface area contributed by atoms with E-state index in [4.69, 9.17) is 10.3 Å². The Kier molecular flexibility index (Phi) is 2.82. The van der Waals surface area contributed by atoms with E-state index in [1.165, 1.54) is 6.42 Å². The van der Waals surface area contributed by atoms with Crippen LogP contribution in [0.4, 0.5) is 0 Å². The second kappa shape index (κ2) is 4.11. The van der Waals surface area contributed by atoms with Gasteiger partial charge in [0.25, 0.3) is 0 Å². The smallest absolute Gasteiger partial charge is 0.312 e. The maximum atomic E-state index is 11.8. The number of nitrogens with zero attached hydrogens (tertiary/aromatic N) is 3. The Morgan fingerprint density at radius 1 is 1.47 bits per heavy atom. The van der Waals surface area contributed by atoms with Crippen LogP contribution in [0.2, 0.25) is 0 Å². The van der Waals surface area contributed by atoms with Gasteiger partial charge in [0, 0.05) is 11.3 Å². The lowest BCUT2D eigenvalue weighted by molar-refractivity contribution is -0.149. The molecule has 1 unspecified atom stereocenters. The summed E-state index contributed by atoms with van der Waals surface area (Å²) in [5.74, 6) is -0.0691. The zero-order valence-electron chi connectivity index (χ0n) is 8.69. The monoisotopic (exact) mass is 209 g/mol. The Hall–Kier alpha value is -1.22. The summed E-state index contributed by atoms with van der Waals surface area (Å²) < 4.78 is 5.25. The number of hydrogen-bond donors (Lipinski definition) is 0. The number of carbonyl (C=O) groups is 1. The average Bonchev–Trinajstić information content (AvgIpc) is 2.54. The van der Waals surface area contributed by atoms with Gasteiger partial charge in [-0.15, -0.1) is 0 Å². The van der Waals surface area contributed by atoms with Gasteiger partial charge >= 0.3 is 5.97 Å². The average molecular weight is 209 g/mol. The van der Waals surface area contributed by atoms with Crippen molar-refractivity contribution in [3.63, 3.8) is 0 Å². The number of azide groups is 1. The predicted molar refractivity (Wildman–Crippen MR) is 54.0 cm³/mol. The maximum Gasteiger partial charge on any atom is 0.312 e. The third-order valence-electron chi connectivity index (χ3n) is 3.48. The van der Waals surface area contributed by atoms with Crippen molar-refractivity contribution in [3.8, 4) is 0 Å². The molecule has 0 aromatic carbocycles. The van der Waals surface area contributed by atoms with Crippen molar-refractivity contribution in [2.24, 2.45) is 10.5 Å². The number of esters is 1. The summed E-state index contributed by atoms with van der Waals surface area (Å²) in [4.78, 5) is 14.5. The lowest BCUT2D eigenvalue weighted by Crippen LogP contribution is -2.28. The molecule has 1 spiro atoms. The van der Waals surface area contributed by atoms with E-state index in [1.54, 1.807) is 0 Å². The van der Waals surface area contributed by atoms with Crippen LogP contribution in [0, 0.1) is 5.41 Å². The van der Waals surface area contributed by atoms with Crippen LogP contribution in [-0.2, 0) is 9.53 Å². The van der Waals surface area contributed by atoms with Gasteiger partial charge in [0.1, 0.15) is 6.10 Å². The first-order chi connectivity index (χ1) is 7.27. The minimum Gasteiger partial charge on any atom is -0.462 e. The predicted octanol–water partition coefficient (Wildman–Crippen LogP) is 2.56. The molecular weight excluding hydrogens is 194 g/mol. The highest BCUT2D eigenvalue weighted by molar-refractivity contribution is 5.79. The largest absolute Gasteiger partial charge is 0.462 e. The molecule has 82 valence electrons. The van der Waals surface area contributed by atoms with E-state index in [2.05, 4.69) is 10.0 Å². The van der Waals surface area contributed by atoms with Crippen LogP contribution in [-0.4, -0.2) is 18.6 Å². The second-order valence-corrected chi connectivity index (χ2v) is 4.49. The van der Waals surface area contributed by atoms with Gasteiger partial charge in [0.15, 0.2) is 0 Å². The Bertz CT molecular complexity index is 304. The Morgan fingerprint density at radius 2 is 2.20 bits per heavy atom. The van der Waals surface area contributed by atoms with E-state index in [-0.39, 0.29) is 24.0 Å². The zero-order valence-corrected chi connectivity index (χ0v) is 8.69. The molecule has 1 atom stereocenters. The van der Waals surface area contributed by atoms with Gasteiger partial charge in [-0.2, -0.15) is 0 Å². The lowest BCUT2D eigenvalue weighted by atomic mass is 9.72. The van der Waals surface area contributed by atoms with Crippen LogP contribution >= 0.6 is 0 Å². The van der Waals surface area contributed by atoms with Gasteiger partial charge in [0.2, 0.25) is 0 Å². The standard InChI is InChI=1S/C10H15N3O2/c11-13-12-7-8-6-10(9(14)15-8)4-2-1-3-5-10/h8H,1-7H2. The summed E-state index contributed by atoms with van der Waals surface area (Å²) in [7, 11) is 0. The molecule has 2 rings (SSSR count). The van der Waals surface area contributed by atoms with Gasteiger partial charge in [-0.3, -0.25) is 4.79 Å². The van der Waals surface area contributed by atoms with Crippen molar-refractivity contribution < 1.29 is 9.53 Å². The van der Waals surface area contributed by atoms with Gasteiger partial charge in [-0.25, -0.2) is 0 Å². The molecule has 2 aliphatic rings. The molecule has 5 nitrogen and oxygen atoms in total. The number of hydrogen-bond acceptors (Lipinski definition) is 3. The first kappa shape index (κ1) is 10.3. The molecule has 15 heavy (non-hydrogen) atoms. The maximum absolute atomic E-state index is 11.8. The fraction of sp³-hybridized carbons (Fsp3) is 0.900. The van der Waals surface area contributed by atoms with Crippen LogP contribution in [0.25, 0.3) is 10.4 Å². The van der Waals surface area contributed by atoms with Crippen molar-refractivity contribution in [1.82, 2.24) is 0 Å².